The molecule has 8 nitrogen and oxygen atoms in total. The fourth-order valence-electron chi connectivity index (χ4n) is 2.78. The number of nitrogens with zero attached hydrogens (tertiary/aromatic N) is 4. The molecule has 0 aliphatic heterocycles. The molecule has 0 N–H and O–H groups in total. The highest BCUT2D eigenvalue weighted by molar-refractivity contribution is 5.75. The number of aromatic nitrogens is 4. The van der Waals surface area contributed by atoms with Crippen molar-refractivity contribution in [1.29, 1.82) is 0 Å². The highest BCUT2D eigenvalue weighted by Crippen LogP contribution is 2.12. The zero-order valence-corrected chi connectivity index (χ0v) is 15.5. The fourth-order valence-corrected chi connectivity index (χ4v) is 2.78. The Balaban J connectivity index is 1.71. The van der Waals surface area contributed by atoms with E-state index in [9.17, 15) is 9.59 Å². The first kappa shape index (κ1) is 18.8. The summed E-state index contributed by atoms with van der Waals surface area (Å²) in [6, 6.07) is 7.54. The largest absolute Gasteiger partial charge is 0.456 e. The number of unbranched alkanes of at least 4 members (excludes halogenated alkanes) is 1. The number of ether oxygens (including phenoxy) is 1. The van der Waals surface area contributed by atoms with Gasteiger partial charge in [-0.25, -0.2) is 4.98 Å². The molecule has 0 atom stereocenters. The van der Waals surface area contributed by atoms with Crippen molar-refractivity contribution in [2.24, 2.45) is 0 Å². The number of rotatable bonds is 8. The SMILES string of the molecule is CCCCn1c(=O)c(CCC(=O)OCc2nnc(C)o2)nc2ccccc21. The maximum atomic E-state index is 12.8. The van der Waals surface area contributed by atoms with Crippen molar-refractivity contribution in [3.8, 4) is 0 Å². The van der Waals surface area contributed by atoms with Crippen molar-refractivity contribution in [3.63, 3.8) is 0 Å². The second kappa shape index (κ2) is 8.57. The first-order valence-corrected chi connectivity index (χ1v) is 9.01. The van der Waals surface area contributed by atoms with E-state index in [2.05, 4.69) is 22.1 Å². The molecular formula is C19H22N4O4. The van der Waals surface area contributed by atoms with E-state index in [1.165, 1.54) is 0 Å². The number of fused-ring (bicyclic) bond motifs is 1. The minimum Gasteiger partial charge on any atom is -0.456 e. The Kier molecular flexibility index (Phi) is 5.95. The van der Waals surface area contributed by atoms with Gasteiger partial charge < -0.3 is 13.7 Å². The summed E-state index contributed by atoms with van der Waals surface area (Å²) >= 11 is 0. The molecule has 2 heterocycles. The van der Waals surface area contributed by atoms with Gasteiger partial charge in [0.1, 0.15) is 5.69 Å². The number of para-hydroxylation sites is 2. The van der Waals surface area contributed by atoms with E-state index in [1.807, 2.05) is 24.3 Å². The molecule has 0 spiro atoms. The summed E-state index contributed by atoms with van der Waals surface area (Å²) in [7, 11) is 0. The van der Waals surface area contributed by atoms with Gasteiger partial charge >= 0.3 is 5.97 Å². The molecule has 142 valence electrons. The van der Waals surface area contributed by atoms with Crippen molar-refractivity contribution in [3.05, 3.63) is 52.1 Å². The second-order valence-corrected chi connectivity index (χ2v) is 6.23. The van der Waals surface area contributed by atoms with Crippen LogP contribution in [0.5, 0.6) is 0 Å². The van der Waals surface area contributed by atoms with Gasteiger partial charge in [0, 0.05) is 19.9 Å². The Morgan fingerprint density at radius 2 is 2.07 bits per heavy atom. The third-order valence-corrected chi connectivity index (χ3v) is 4.15. The minimum absolute atomic E-state index is 0.0570. The van der Waals surface area contributed by atoms with Crippen LogP contribution >= 0.6 is 0 Å². The first-order valence-electron chi connectivity index (χ1n) is 9.01. The molecule has 27 heavy (non-hydrogen) atoms. The van der Waals surface area contributed by atoms with Crippen LogP contribution in [0.1, 0.15) is 43.7 Å². The lowest BCUT2D eigenvalue weighted by Gasteiger charge is -2.11. The van der Waals surface area contributed by atoms with Crippen LogP contribution in [0.4, 0.5) is 0 Å². The number of benzene rings is 1. The molecule has 0 unspecified atom stereocenters. The van der Waals surface area contributed by atoms with Crippen LogP contribution in [-0.4, -0.2) is 25.7 Å². The maximum absolute atomic E-state index is 12.8. The van der Waals surface area contributed by atoms with Crippen LogP contribution in [0.3, 0.4) is 0 Å². The molecule has 3 rings (SSSR count). The Labute approximate surface area is 156 Å². The van der Waals surface area contributed by atoms with E-state index < -0.39 is 5.97 Å². The van der Waals surface area contributed by atoms with Crippen LogP contribution in [0.25, 0.3) is 11.0 Å². The molecule has 8 heteroatoms. The van der Waals surface area contributed by atoms with Gasteiger partial charge in [0.15, 0.2) is 6.61 Å². The zero-order valence-electron chi connectivity index (χ0n) is 15.5. The van der Waals surface area contributed by atoms with Crippen molar-refractivity contribution in [2.45, 2.75) is 52.7 Å². The van der Waals surface area contributed by atoms with Gasteiger partial charge in [-0.3, -0.25) is 9.59 Å². The van der Waals surface area contributed by atoms with Crippen LogP contribution in [-0.2, 0) is 29.1 Å². The number of carbonyl (C=O) groups is 1. The third-order valence-electron chi connectivity index (χ3n) is 4.15. The second-order valence-electron chi connectivity index (χ2n) is 6.23. The summed E-state index contributed by atoms with van der Waals surface area (Å²) in [5.41, 5.74) is 1.78. The molecule has 0 aliphatic rings. The molecule has 0 fully saturated rings. The van der Waals surface area contributed by atoms with Gasteiger partial charge in [0.25, 0.3) is 11.4 Å². The summed E-state index contributed by atoms with van der Waals surface area (Å²) in [5.74, 6) is 0.209. The molecule has 0 radical (unpaired) electrons. The van der Waals surface area contributed by atoms with Crippen molar-refractivity contribution >= 4 is 17.0 Å². The smallest absolute Gasteiger partial charge is 0.306 e. The Morgan fingerprint density at radius 1 is 1.26 bits per heavy atom. The molecular weight excluding hydrogens is 348 g/mol. The highest BCUT2D eigenvalue weighted by Gasteiger charge is 2.14. The molecule has 0 saturated carbocycles. The van der Waals surface area contributed by atoms with Crippen molar-refractivity contribution in [1.82, 2.24) is 19.7 Å². The Hall–Kier alpha value is -3.03. The topological polar surface area (TPSA) is 100 Å². The number of esters is 1. The van der Waals surface area contributed by atoms with Crippen LogP contribution in [0, 0.1) is 6.92 Å². The molecule has 1 aromatic carbocycles. The van der Waals surface area contributed by atoms with E-state index in [4.69, 9.17) is 9.15 Å². The Morgan fingerprint density at radius 3 is 2.81 bits per heavy atom. The van der Waals surface area contributed by atoms with Crippen LogP contribution in [0.2, 0.25) is 0 Å². The zero-order chi connectivity index (χ0) is 19.2. The minimum atomic E-state index is -0.444. The van der Waals surface area contributed by atoms with E-state index in [-0.39, 0.29) is 30.9 Å². The monoisotopic (exact) mass is 370 g/mol. The summed E-state index contributed by atoms with van der Waals surface area (Å²) in [5, 5.41) is 7.44. The average molecular weight is 370 g/mol. The van der Waals surface area contributed by atoms with Gasteiger partial charge in [-0.1, -0.05) is 25.5 Å². The quantitative estimate of drug-likeness (QED) is 0.562. The molecule has 0 bridgehead atoms. The van der Waals surface area contributed by atoms with Gasteiger partial charge in [0.2, 0.25) is 5.89 Å². The molecule has 0 amide bonds. The summed E-state index contributed by atoms with van der Waals surface area (Å²) < 4.78 is 12.0. The lowest BCUT2D eigenvalue weighted by Crippen LogP contribution is -2.26. The van der Waals surface area contributed by atoms with E-state index >= 15 is 0 Å². The molecule has 0 aliphatic carbocycles. The number of hydrogen-bond acceptors (Lipinski definition) is 7. The molecule has 3 aromatic rings. The molecule has 0 saturated heterocycles. The average Bonchev–Trinajstić information content (AvgIpc) is 3.09. The van der Waals surface area contributed by atoms with Crippen molar-refractivity contribution < 1.29 is 13.9 Å². The van der Waals surface area contributed by atoms with Gasteiger partial charge in [-0.05, 0) is 18.6 Å². The number of carbonyl (C=O) groups excluding carboxylic acids is 1. The maximum Gasteiger partial charge on any atom is 0.306 e. The van der Waals surface area contributed by atoms with Gasteiger partial charge in [0.05, 0.1) is 17.5 Å². The summed E-state index contributed by atoms with van der Waals surface area (Å²) in [6.07, 6.45) is 2.16. The van der Waals surface area contributed by atoms with Crippen LogP contribution < -0.4 is 5.56 Å². The van der Waals surface area contributed by atoms with E-state index in [1.54, 1.807) is 11.5 Å². The standard InChI is InChI=1S/C19H22N4O4/c1-3-4-11-23-16-8-6-5-7-14(16)20-15(19(23)25)9-10-18(24)26-12-17-22-21-13(2)27-17/h5-8H,3-4,9-12H2,1-2H3. The normalized spacial score (nSPS) is 11.0. The highest BCUT2D eigenvalue weighted by atomic mass is 16.5. The predicted octanol–water partition coefficient (Wildman–Crippen LogP) is 2.56. The van der Waals surface area contributed by atoms with Gasteiger partial charge in [-0.2, -0.15) is 0 Å². The van der Waals surface area contributed by atoms with Crippen LogP contribution in [0.15, 0.2) is 33.5 Å². The number of hydrogen-bond donors (Lipinski definition) is 0. The lowest BCUT2D eigenvalue weighted by atomic mass is 10.2. The fraction of sp³-hybridized carbons (Fsp3) is 0.421. The van der Waals surface area contributed by atoms with E-state index in [0.29, 0.717) is 18.1 Å². The Bertz CT molecular complexity index is 993. The molecule has 2 aromatic heterocycles. The number of aryl methyl sites for hydroxylation is 3. The van der Waals surface area contributed by atoms with Gasteiger partial charge in [-0.15, -0.1) is 10.2 Å². The summed E-state index contributed by atoms with van der Waals surface area (Å²) in [6.45, 7) is 4.29. The van der Waals surface area contributed by atoms with Crippen molar-refractivity contribution in [2.75, 3.05) is 0 Å². The predicted molar refractivity (Wildman–Crippen MR) is 98.1 cm³/mol. The first-order chi connectivity index (χ1) is 13.1. The van der Waals surface area contributed by atoms with E-state index in [0.717, 1.165) is 23.9 Å². The third kappa shape index (κ3) is 4.58. The summed E-state index contributed by atoms with van der Waals surface area (Å²) in [4.78, 5) is 29.2. The lowest BCUT2D eigenvalue weighted by molar-refractivity contribution is -0.145.